The molecule has 11 heavy (non-hydrogen) atoms. The molecule has 0 nitrogen and oxygen atoms in total. The molecule has 0 aromatic carbocycles. The van der Waals surface area contributed by atoms with Gasteiger partial charge in [-0.1, -0.05) is 0 Å². The van der Waals surface area contributed by atoms with Crippen LogP contribution in [0.5, 0.6) is 0 Å². The van der Waals surface area contributed by atoms with E-state index in [1.807, 2.05) is 0 Å². The van der Waals surface area contributed by atoms with Crippen LogP contribution >= 0.6 is 0 Å². The summed E-state index contributed by atoms with van der Waals surface area (Å²) < 4.78 is 4.73. The molecular formula is C10H18Te. The fourth-order valence-electron chi connectivity index (χ4n) is 0.457. The van der Waals surface area contributed by atoms with Gasteiger partial charge in [0, 0.05) is 0 Å². The van der Waals surface area contributed by atoms with Crippen molar-refractivity contribution < 1.29 is 0 Å². The van der Waals surface area contributed by atoms with Gasteiger partial charge in [0.1, 0.15) is 0 Å². The van der Waals surface area contributed by atoms with Gasteiger partial charge >= 0.3 is 81.2 Å². The Balaban J connectivity index is 3.41. The van der Waals surface area contributed by atoms with Crippen molar-refractivity contribution in [2.45, 2.75) is 45.0 Å². The quantitative estimate of drug-likeness (QED) is 0.418. The molecule has 0 spiro atoms. The summed E-state index contributed by atoms with van der Waals surface area (Å²) in [7, 11) is 0. The molecule has 0 bridgehead atoms. The molecule has 0 fully saturated rings. The Bertz CT molecular complexity index is 142. The Labute approximate surface area is 81.2 Å². The van der Waals surface area contributed by atoms with Crippen molar-refractivity contribution in [3.63, 3.8) is 0 Å². The van der Waals surface area contributed by atoms with Gasteiger partial charge in [0.05, 0.1) is 0 Å². The molecule has 0 unspecified atom stereocenters. The average molecular weight is 266 g/mol. The van der Waals surface area contributed by atoms with Crippen molar-refractivity contribution in [1.29, 1.82) is 0 Å². The van der Waals surface area contributed by atoms with Gasteiger partial charge in [-0.05, 0) is 0 Å². The Hall–Kier alpha value is 0.350. The van der Waals surface area contributed by atoms with Crippen LogP contribution in [0.1, 0.15) is 40.5 Å². The average Bonchev–Trinajstić information content (AvgIpc) is 1.85. The predicted octanol–water partition coefficient (Wildman–Crippen LogP) is 2.92. The van der Waals surface area contributed by atoms with E-state index in [9.17, 15) is 0 Å². The van der Waals surface area contributed by atoms with Crippen LogP contribution in [-0.2, 0) is 0 Å². The van der Waals surface area contributed by atoms with Gasteiger partial charge in [0.15, 0.2) is 0 Å². The summed E-state index contributed by atoms with van der Waals surface area (Å²) in [6, 6.07) is 0. The zero-order valence-electron chi connectivity index (χ0n) is 8.03. The second-order valence-corrected chi connectivity index (χ2v) is 6.25. The second kappa shape index (κ2) is 5.93. The number of hydrogen-bond acceptors (Lipinski definition) is 0. The Morgan fingerprint density at radius 1 is 1.27 bits per heavy atom. The van der Waals surface area contributed by atoms with Crippen LogP contribution in [0.15, 0.2) is 0 Å². The third-order valence-electron chi connectivity index (χ3n) is 1.10. The first-order valence-electron chi connectivity index (χ1n) is 4.20. The van der Waals surface area contributed by atoms with Crippen LogP contribution in [0.2, 0.25) is 4.47 Å². The van der Waals surface area contributed by atoms with Crippen LogP contribution in [0.25, 0.3) is 0 Å². The Morgan fingerprint density at radius 3 is 2.36 bits per heavy atom. The molecule has 1 heteroatoms. The summed E-state index contributed by atoms with van der Waals surface area (Å²) in [5.41, 5.74) is 0.219. The van der Waals surface area contributed by atoms with E-state index in [-0.39, 0.29) is 26.3 Å². The molecule has 0 saturated heterocycles. The molecule has 0 atom stereocenters. The van der Waals surface area contributed by atoms with Gasteiger partial charge < -0.3 is 0 Å². The summed E-state index contributed by atoms with van der Waals surface area (Å²) >= 11 is 0.0308. The van der Waals surface area contributed by atoms with Crippen LogP contribution in [0.3, 0.4) is 0 Å². The van der Waals surface area contributed by atoms with E-state index in [1.165, 1.54) is 17.3 Å². The molecule has 0 saturated carbocycles. The summed E-state index contributed by atoms with van der Waals surface area (Å²) in [6.07, 6.45) is 2.70. The van der Waals surface area contributed by atoms with Gasteiger partial charge in [-0.2, -0.15) is 0 Å². The first-order chi connectivity index (χ1) is 5.06. The number of rotatable bonds is 3. The monoisotopic (exact) mass is 268 g/mol. The van der Waals surface area contributed by atoms with E-state index in [1.54, 1.807) is 0 Å². The third-order valence-corrected chi connectivity index (χ3v) is 3.21. The second-order valence-electron chi connectivity index (χ2n) is 3.68. The fraction of sp³-hybridized carbons (Fsp3) is 0.800. The van der Waals surface area contributed by atoms with Crippen molar-refractivity contribution in [1.82, 2.24) is 0 Å². The topological polar surface area (TPSA) is 0 Å². The van der Waals surface area contributed by atoms with Crippen LogP contribution in [0.4, 0.5) is 0 Å². The van der Waals surface area contributed by atoms with Crippen molar-refractivity contribution in [2.24, 2.45) is 5.41 Å². The molecule has 0 amide bonds. The zero-order chi connectivity index (χ0) is 8.74. The molecule has 0 rings (SSSR count). The van der Waals surface area contributed by atoms with Gasteiger partial charge in [-0.3, -0.25) is 0 Å². The van der Waals surface area contributed by atoms with E-state index >= 15 is 0 Å². The molecule has 0 aromatic heterocycles. The third kappa shape index (κ3) is 10.3. The first kappa shape index (κ1) is 11.3. The summed E-state index contributed by atoms with van der Waals surface area (Å²) in [6.45, 7) is 8.76. The molecule has 0 aliphatic rings. The van der Waals surface area contributed by atoms with Crippen LogP contribution < -0.4 is 0 Å². The number of hydrogen-bond donors (Lipinski definition) is 0. The van der Waals surface area contributed by atoms with E-state index < -0.39 is 0 Å². The molecular weight excluding hydrogens is 248 g/mol. The number of unbranched alkanes of at least 4 members (excludes halogenated alkanes) is 1. The zero-order valence-corrected chi connectivity index (χ0v) is 10.4. The Morgan fingerprint density at radius 2 is 1.91 bits per heavy atom. The molecule has 64 valence electrons. The van der Waals surface area contributed by atoms with E-state index in [0.29, 0.717) is 0 Å². The predicted molar refractivity (Wildman–Crippen MR) is 52.7 cm³/mol. The summed E-state index contributed by atoms with van der Waals surface area (Å²) in [5, 5.41) is 0. The molecule has 0 aromatic rings. The van der Waals surface area contributed by atoms with Crippen molar-refractivity contribution in [3.8, 4) is 9.89 Å². The maximum atomic E-state index is 3.34. The van der Waals surface area contributed by atoms with E-state index in [4.69, 9.17) is 0 Å². The van der Waals surface area contributed by atoms with E-state index in [2.05, 4.69) is 37.6 Å². The van der Waals surface area contributed by atoms with Crippen LogP contribution in [-0.4, -0.2) is 20.9 Å². The minimum absolute atomic E-state index is 0.0308. The molecule has 0 radical (unpaired) electrons. The van der Waals surface area contributed by atoms with Gasteiger partial charge in [0.2, 0.25) is 0 Å². The molecule has 0 aliphatic carbocycles. The normalized spacial score (nSPS) is 10.5. The Kier molecular flexibility index (Phi) is 6.12. The molecule has 0 N–H and O–H groups in total. The van der Waals surface area contributed by atoms with Gasteiger partial charge in [-0.15, -0.1) is 0 Å². The van der Waals surface area contributed by atoms with Crippen molar-refractivity contribution in [3.05, 3.63) is 0 Å². The standard InChI is InChI=1S/C10H18Te/c1-5-6-8-11-9-7-10(2,3)4/h5-6,8H2,1-4H3. The SMILES string of the molecule is CCCC[Te]C#CC(C)(C)C. The summed E-state index contributed by atoms with van der Waals surface area (Å²) in [4.78, 5) is 0. The van der Waals surface area contributed by atoms with Gasteiger partial charge in [0.25, 0.3) is 0 Å². The van der Waals surface area contributed by atoms with E-state index in [0.717, 1.165) is 0 Å². The fourth-order valence-corrected chi connectivity index (χ4v) is 3.06. The molecule has 0 heterocycles. The minimum atomic E-state index is 0.0308. The summed E-state index contributed by atoms with van der Waals surface area (Å²) in [5.74, 6) is 3.29. The van der Waals surface area contributed by atoms with Crippen molar-refractivity contribution in [2.75, 3.05) is 0 Å². The van der Waals surface area contributed by atoms with Gasteiger partial charge in [-0.25, -0.2) is 0 Å². The van der Waals surface area contributed by atoms with Crippen molar-refractivity contribution >= 4 is 20.9 Å². The first-order valence-corrected chi connectivity index (χ1v) is 7.01. The maximum absolute atomic E-state index is 3.34. The molecule has 0 aliphatic heterocycles. The van der Waals surface area contributed by atoms with Crippen LogP contribution in [0, 0.1) is 15.3 Å².